The van der Waals surface area contributed by atoms with Gasteiger partial charge in [-0.1, -0.05) is 23.2 Å². The molecule has 0 saturated heterocycles. The predicted octanol–water partition coefficient (Wildman–Crippen LogP) is 4.03. The summed E-state index contributed by atoms with van der Waals surface area (Å²) >= 11 is 15.4. The first-order valence-corrected chi connectivity index (χ1v) is 5.95. The first-order valence-electron chi connectivity index (χ1n) is 4.40. The van der Waals surface area contributed by atoms with Gasteiger partial charge < -0.3 is 9.47 Å². The van der Waals surface area contributed by atoms with Crippen LogP contribution in [0.4, 0.5) is 0 Å². The van der Waals surface area contributed by atoms with E-state index in [0.29, 0.717) is 31.7 Å². The number of hydrogen-bond donors (Lipinski definition) is 0. The molecule has 0 amide bonds. The van der Waals surface area contributed by atoms with Crippen molar-refractivity contribution in [2.45, 2.75) is 0 Å². The van der Waals surface area contributed by atoms with Gasteiger partial charge in [0.25, 0.3) is 0 Å². The Hall–Kier alpha value is -0.710. The minimum absolute atomic E-state index is 0.220. The quantitative estimate of drug-likeness (QED) is 0.687. The van der Waals surface area contributed by atoms with Gasteiger partial charge in [-0.2, -0.15) is 0 Å². The van der Waals surface area contributed by atoms with Crippen LogP contribution in [-0.2, 0) is 0 Å². The predicted molar refractivity (Wildman–Crippen MR) is 65.6 cm³/mol. The summed E-state index contributed by atoms with van der Waals surface area (Å²) in [7, 11) is 0. The maximum atomic E-state index is 6.17. The molecule has 0 radical (unpaired) electrons. The highest BCUT2D eigenvalue weighted by Gasteiger charge is 2.18. The van der Waals surface area contributed by atoms with Gasteiger partial charge in [-0.3, -0.25) is 0 Å². The Labute approximate surface area is 109 Å². The van der Waals surface area contributed by atoms with E-state index in [4.69, 9.17) is 32.7 Å². The smallest absolute Gasteiger partial charge is 0.231 e. The summed E-state index contributed by atoms with van der Waals surface area (Å²) in [4.78, 5) is 4.21. The van der Waals surface area contributed by atoms with Crippen molar-refractivity contribution in [3.8, 4) is 11.5 Å². The number of halogens is 3. The summed E-state index contributed by atoms with van der Waals surface area (Å²) in [5.74, 6) is 1.33. The molecule has 16 heavy (non-hydrogen) atoms. The van der Waals surface area contributed by atoms with Gasteiger partial charge in [0.05, 0.1) is 15.0 Å². The molecule has 1 aromatic carbocycles. The van der Waals surface area contributed by atoms with Crippen molar-refractivity contribution in [1.82, 2.24) is 4.98 Å². The van der Waals surface area contributed by atoms with Crippen molar-refractivity contribution in [3.63, 3.8) is 0 Å². The minimum atomic E-state index is 0.220. The van der Waals surface area contributed by atoms with E-state index in [1.165, 1.54) is 0 Å². The van der Waals surface area contributed by atoms with Gasteiger partial charge in [0.2, 0.25) is 6.79 Å². The van der Waals surface area contributed by atoms with Gasteiger partial charge in [0, 0.05) is 11.5 Å². The fourth-order valence-electron chi connectivity index (χ4n) is 1.56. The van der Waals surface area contributed by atoms with E-state index in [1.807, 2.05) is 0 Å². The van der Waals surface area contributed by atoms with E-state index in [9.17, 15) is 0 Å². The average Bonchev–Trinajstić information content (AvgIpc) is 2.71. The molecule has 6 heteroatoms. The zero-order chi connectivity index (χ0) is 11.3. The second-order valence-electron chi connectivity index (χ2n) is 3.25. The number of fused-ring (bicyclic) bond motifs is 2. The van der Waals surface area contributed by atoms with E-state index < -0.39 is 0 Å². The van der Waals surface area contributed by atoms with Crippen LogP contribution in [-0.4, -0.2) is 11.8 Å². The number of hydrogen-bond acceptors (Lipinski definition) is 3. The first kappa shape index (κ1) is 10.4. The Morgan fingerprint density at radius 1 is 1.19 bits per heavy atom. The zero-order valence-electron chi connectivity index (χ0n) is 7.76. The molecule has 0 N–H and O–H groups in total. The highest BCUT2D eigenvalue weighted by atomic mass is 79.9. The maximum Gasteiger partial charge on any atom is 0.231 e. The lowest BCUT2D eigenvalue weighted by Gasteiger charge is -2.05. The molecular weight excluding hydrogens is 317 g/mol. The maximum absolute atomic E-state index is 6.17. The van der Waals surface area contributed by atoms with E-state index >= 15 is 0 Å². The molecule has 0 unspecified atom stereocenters. The lowest BCUT2D eigenvalue weighted by atomic mass is 10.2. The van der Waals surface area contributed by atoms with Crippen molar-refractivity contribution in [3.05, 3.63) is 26.8 Å². The van der Waals surface area contributed by atoms with Crippen LogP contribution in [0, 0.1) is 0 Å². The SMILES string of the molecule is Clc1nc2cc3c(cc2c(Cl)c1Br)OCO3. The van der Waals surface area contributed by atoms with Crippen LogP contribution in [0.15, 0.2) is 16.6 Å². The summed E-state index contributed by atoms with van der Waals surface area (Å²) in [5, 5.41) is 1.63. The van der Waals surface area contributed by atoms with Gasteiger partial charge in [0.1, 0.15) is 5.15 Å². The number of nitrogens with zero attached hydrogens (tertiary/aromatic N) is 1. The largest absolute Gasteiger partial charge is 0.454 e. The van der Waals surface area contributed by atoms with Crippen LogP contribution >= 0.6 is 39.1 Å². The molecule has 3 nitrogen and oxygen atoms in total. The average molecular weight is 321 g/mol. The molecule has 2 aromatic rings. The third-order valence-electron chi connectivity index (χ3n) is 2.32. The molecule has 82 valence electrons. The van der Waals surface area contributed by atoms with Crippen LogP contribution in [0.5, 0.6) is 11.5 Å². The lowest BCUT2D eigenvalue weighted by molar-refractivity contribution is 0.174. The summed E-state index contributed by atoms with van der Waals surface area (Å²) in [6.45, 7) is 0.220. The molecule has 1 aromatic heterocycles. The van der Waals surface area contributed by atoms with E-state index in [2.05, 4.69) is 20.9 Å². The summed E-state index contributed by atoms with van der Waals surface area (Å²) in [6.07, 6.45) is 0. The fraction of sp³-hybridized carbons (Fsp3) is 0.100. The normalized spacial score (nSPS) is 13.4. The molecule has 0 atom stereocenters. The van der Waals surface area contributed by atoms with Gasteiger partial charge in [-0.05, 0) is 22.0 Å². The Morgan fingerprint density at radius 2 is 1.88 bits per heavy atom. The van der Waals surface area contributed by atoms with Crippen molar-refractivity contribution in [1.29, 1.82) is 0 Å². The standard InChI is InChI=1S/C10H4BrCl2NO2/c11-8-9(12)4-1-6-7(16-3-15-6)2-5(4)14-10(8)13/h1-2H,3H2. The minimum Gasteiger partial charge on any atom is -0.454 e. The number of pyridine rings is 1. The Balaban J connectivity index is 2.40. The molecule has 2 heterocycles. The van der Waals surface area contributed by atoms with E-state index in [0.717, 1.165) is 5.39 Å². The molecule has 1 aliphatic heterocycles. The molecule has 0 saturated carbocycles. The zero-order valence-corrected chi connectivity index (χ0v) is 10.9. The number of ether oxygens (including phenoxy) is 2. The Kier molecular flexibility index (Phi) is 2.38. The monoisotopic (exact) mass is 319 g/mol. The third kappa shape index (κ3) is 1.44. The Morgan fingerprint density at radius 3 is 2.62 bits per heavy atom. The molecular formula is C10H4BrCl2NO2. The molecule has 1 aliphatic rings. The summed E-state index contributed by atoms with van der Waals surface area (Å²) in [5.41, 5.74) is 0.683. The molecule has 0 fully saturated rings. The van der Waals surface area contributed by atoms with Crippen LogP contribution in [0.1, 0.15) is 0 Å². The van der Waals surface area contributed by atoms with Crippen molar-refractivity contribution >= 4 is 50.0 Å². The van der Waals surface area contributed by atoms with Crippen molar-refractivity contribution < 1.29 is 9.47 Å². The second kappa shape index (κ2) is 3.65. The Bertz CT molecular complexity index is 603. The van der Waals surface area contributed by atoms with E-state index in [-0.39, 0.29) is 6.79 Å². The van der Waals surface area contributed by atoms with Gasteiger partial charge in [0.15, 0.2) is 11.5 Å². The summed E-state index contributed by atoms with van der Waals surface area (Å²) < 4.78 is 11.1. The van der Waals surface area contributed by atoms with E-state index in [1.54, 1.807) is 12.1 Å². The van der Waals surface area contributed by atoms with Crippen LogP contribution in [0.25, 0.3) is 10.9 Å². The highest BCUT2D eigenvalue weighted by molar-refractivity contribution is 9.10. The van der Waals surface area contributed by atoms with Crippen LogP contribution in [0.2, 0.25) is 10.2 Å². The fourth-order valence-corrected chi connectivity index (χ4v) is 2.34. The van der Waals surface area contributed by atoms with Crippen molar-refractivity contribution in [2.24, 2.45) is 0 Å². The van der Waals surface area contributed by atoms with Gasteiger partial charge in [-0.15, -0.1) is 0 Å². The molecule has 0 aliphatic carbocycles. The molecule has 0 spiro atoms. The van der Waals surface area contributed by atoms with Crippen LogP contribution < -0.4 is 9.47 Å². The number of benzene rings is 1. The lowest BCUT2D eigenvalue weighted by Crippen LogP contribution is -1.92. The van der Waals surface area contributed by atoms with Crippen molar-refractivity contribution in [2.75, 3.05) is 6.79 Å². The highest BCUT2D eigenvalue weighted by Crippen LogP contribution is 2.41. The summed E-state index contributed by atoms with van der Waals surface area (Å²) in [6, 6.07) is 3.57. The van der Waals surface area contributed by atoms with Crippen LogP contribution in [0.3, 0.4) is 0 Å². The third-order valence-corrected chi connectivity index (χ3v) is 4.21. The first-order chi connectivity index (χ1) is 7.66. The number of rotatable bonds is 0. The topological polar surface area (TPSA) is 31.4 Å². The van der Waals surface area contributed by atoms with Gasteiger partial charge >= 0.3 is 0 Å². The second-order valence-corrected chi connectivity index (χ2v) is 4.78. The molecule has 0 bridgehead atoms. The molecule has 3 rings (SSSR count). The van der Waals surface area contributed by atoms with Gasteiger partial charge in [-0.25, -0.2) is 4.98 Å². The number of aromatic nitrogens is 1.